The molecule has 5 nitrogen and oxygen atoms in total. The van der Waals surface area contributed by atoms with Crippen LogP contribution < -0.4 is 0 Å². The van der Waals surface area contributed by atoms with Crippen LogP contribution >= 0.6 is 0 Å². The van der Waals surface area contributed by atoms with Crippen molar-refractivity contribution in [2.24, 2.45) is 0 Å². The second kappa shape index (κ2) is 6.66. The van der Waals surface area contributed by atoms with Crippen LogP contribution in [0.25, 0.3) is 11.0 Å². The van der Waals surface area contributed by atoms with E-state index in [0.29, 0.717) is 12.5 Å². The molecule has 1 N–H and O–H groups in total. The maximum atomic E-state index is 13.4. The number of halogens is 1. The van der Waals surface area contributed by atoms with Gasteiger partial charge in [-0.15, -0.1) is 0 Å². The van der Waals surface area contributed by atoms with Gasteiger partial charge in [-0.05, 0) is 45.0 Å². The number of hydrogen-bond acceptors (Lipinski definition) is 3. The van der Waals surface area contributed by atoms with Crippen LogP contribution in [0.1, 0.15) is 37.9 Å². The van der Waals surface area contributed by atoms with E-state index in [1.54, 1.807) is 6.07 Å². The first kappa shape index (κ1) is 15.9. The number of aryl methyl sites for hydroxylation is 1. The van der Waals surface area contributed by atoms with Crippen LogP contribution in [0.15, 0.2) is 18.2 Å². The monoisotopic (exact) mass is 319 g/mol. The molecular weight excluding hydrogens is 297 g/mol. The van der Waals surface area contributed by atoms with Crippen LogP contribution in [0, 0.1) is 5.82 Å². The van der Waals surface area contributed by atoms with Crippen molar-refractivity contribution in [1.29, 1.82) is 0 Å². The number of carboxylic acid groups (broad SMARTS) is 1. The Kier molecular flexibility index (Phi) is 4.61. The Morgan fingerprint density at radius 1 is 1.39 bits per heavy atom. The highest BCUT2D eigenvalue weighted by Crippen LogP contribution is 2.30. The Balaban J connectivity index is 1.75. The smallest absolute Gasteiger partial charge is 0.304 e. The number of imidazole rings is 1. The molecule has 1 aliphatic heterocycles. The van der Waals surface area contributed by atoms with Gasteiger partial charge in [-0.25, -0.2) is 9.37 Å². The van der Waals surface area contributed by atoms with Crippen molar-refractivity contribution < 1.29 is 14.3 Å². The summed E-state index contributed by atoms with van der Waals surface area (Å²) in [4.78, 5) is 17.5. The topological polar surface area (TPSA) is 58.4 Å². The lowest BCUT2D eigenvalue weighted by atomic mass is 9.95. The molecule has 23 heavy (non-hydrogen) atoms. The first-order valence-electron chi connectivity index (χ1n) is 8.18. The van der Waals surface area contributed by atoms with Gasteiger partial charge >= 0.3 is 5.97 Å². The summed E-state index contributed by atoms with van der Waals surface area (Å²) in [6.07, 6.45) is 2.12. The van der Waals surface area contributed by atoms with Gasteiger partial charge in [0, 0.05) is 25.1 Å². The standard InChI is InChI=1S/C17H22FN3O2/c1-2-21-15-4-3-13(18)11-14(15)19-17(21)12-5-8-20(9-6-12)10-7-16(22)23/h3-4,11-12H,2,5-10H2,1H3,(H,22,23). The molecule has 0 amide bonds. The number of aliphatic carboxylic acids is 1. The Bertz CT molecular complexity index is 705. The Morgan fingerprint density at radius 3 is 2.78 bits per heavy atom. The second-order valence-electron chi connectivity index (χ2n) is 6.11. The quantitative estimate of drug-likeness (QED) is 0.920. The molecule has 0 bridgehead atoms. The van der Waals surface area contributed by atoms with Gasteiger partial charge in [0.15, 0.2) is 0 Å². The van der Waals surface area contributed by atoms with E-state index in [4.69, 9.17) is 5.11 Å². The maximum Gasteiger partial charge on any atom is 0.304 e. The Hall–Kier alpha value is -1.95. The summed E-state index contributed by atoms with van der Waals surface area (Å²) in [6, 6.07) is 4.77. The molecule has 6 heteroatoms. The number of carbonyl (C=O) groups is 1. The minimum Gasteiger partial charge on any atom is -0.481 e. The molecule has 0 aliphatic carbocycles. The highest BCUT2D eigenvalue weighted by atomic mass is 19.1. The van der Waals surface area contributed by atoms with E-state index < -0.39 is 5.97 Å². The first-order valence-corrected chi connectivity index (χ1v) is 8.18. The zero-order chi connectivity index (χ0) is 16.4. The zero-order valence-corrected chi connectivity index (χ0v) is 13.3. The normalized spacial score (nSPS) is 17.0. The lowest BCUT2D eigenvalue weighted by Crippen LogP contribution is -2.35. The van der Waals surface area contributed by atoms with Crippen molar-refractivity contribution >= 4 is 17.0 Å². The number of rotatable bonds is 5. The van der Waals surface area contributed by atoms with Crippen molar-refractivity contribution in [1.82, 2.24) is 14.5 Å². The molecule has 2 aromatic rings. The zero-order valence-electron chi connectivity index (χ0n) is 13.3. The predicted octanol–water partition coefficient (Wildman–Crippen LogP) is 2.85. The van der Waals surface area contributed by atoms with Gasteiger partial charge in [-0.1, -0.05) is 0 Å². The molecule has 124 valence electrons. The molecule has 1 fully saturated rings. The summed E-state index contributed by atoms with van der Waals surface area (Å²) < 4.78 is 15.6. The number of fused-ring (bicyclic) bond motifs is 1. The minimum absolute atomic E-state index is 0.192. The van der Waals surface area contributed by atoms with E-state index in [1.807, 2.05) is 0 Å². The number of piperidine rings is 1. The third kappa shape index (κ3) is 3.37. The molecule has 0 saturated carbocycles. The molecule has 2 heterocycles. The number of nitrogens with zero attached hydrogens (tertiary/aromatic N) is 3. The van der Waals surface area contributed by atoms with E-state index in [9.17, 15) is 9.18 Å². The third-order valence-corrected chi connectivity index (χ3v) is 4.65. The number of aromatic nitrogens is 2. The largest absolute Gasteiger partial charge is 0.481 e. The van der Waals surface area contributed by atoms with Crippen molar-refractivity contribution in [3.63, 3.8) is 0 Å². The summed E-state index contributed by atoms with van der Waals surface area (Å²) in [5.41, 5.74) is 1.70. The average Bonchev–Trinajstić information content (AvgIpc) is 2.90. The van der Waals surface area contributed by atoms with E-state index in [-0.39, 0.29) is 12.2 Å². The molecule has 1 aromatic carbocycles. The molecule has 0 radical (unpaired) electrons. The van der Waals surface area contributed by atoms with Crippen molar-refractivity contribution in [2.45, 2.75) is 38.6 Å². The van der Waals surface area contributed by atoms with Crippen molar-refractivity contribution in [2.75, 3.05) is 19.6 Å². The first-order chi connectivity index (χ1) is 11.1. The van der Waals surface area contributed by atoms with Gasteiger partial charge in [0.05, 0.1) is 17.5 Å². The molecule has 0 unspecified atom stereocenters. The van der Waals surface area contributed by atoms with Crippen LogP contribution in [0.4, 0.5) is 4.39 Å². The van der Waals surface area contributed by atoms with Gasteiger partial charge in [0.25, 0.3) is 0 Å². The molecular formula is C17H22FN3O2. The van der Waals surface area contributed by atoms with E-state index >= 15 is 0 Å². The van der Waals surface area contributed by atoms with E-state index in [2.05, 4.69) is 21.4 Å². The second-order valence-corrected chi connectivity index (χ2v) is 6.11. The van der Waals surface area contributed by atoms with Gasteiger partial charge in [-0.2, -0.15) is 0 Å². The number of benzene rings is 1. The summed E-state index contributed by atoms with van der Waals surface area (Å²) in [5, 5.41) is 8.77. The van der Waals surface area contributed by atoms with E-state index in [1.165, 1.54) is 12.1 Å². The fourth-order valence-corrected chi connectivity index (χ4v) is 3.43. The van der Waals surface area contributed by atoms with Gasteiger partial charge in [0.1, 0.15) is 11.6 Å². The summed E-state index contributed by atoms with van der Waals surface area (Å²) in [6.45, 7) is 5.28. The molecule has 0 spiro atoms. The summed E-state index contributed by atoms with van der Waals surface area (Å²) in [5.74, 6) is 0.382. The predicted molar refractivity (Wildman–Crippen MR) is 86.0 cm³/mol. The lowest BCUT2D eigenvalue weighted by Gasteiger charge is -2.31. The van der Waals surface area contributed by atoms with Crippen molar-refractivity contribution in [3.8, 4) is 0 Å². The summed E-state index contributed by atoms with van der Waals surface area (Å²) in [7, 11) is 0. The molecule has 0 atom stereocenters. The number of hydrogen-bond donors (Lipinski definition) is 1. The maximum absolute atomic E-state index is 13.4. The highest BCUT2D eigenvalue weighted by molar-refractivity contribution is 5.76. The van der Waals surface area contributed by atoms with E-state index in [0.717, 1.165) is 49.3 Å². The Labute approximate surface area is 134 Å². The average molecular weight is 319 g/mol. The number of likely N-dealkylation sites (tertiary alicyclic amines) is 1. The molecule has 1 aromatic heterocycles. The summed E-state index contributed by atoms with van der Waals surface area (Å²) >= 11 is 0. The van der Waals surface area contributed by atoms with Crippen LogP contribution in [0.3, 0.4) is 0 Å². The van der Waals surface area contributed by atoms with Gasteiger partial charge in [-0.3, -0.25) is 4.79 Å². The molecule has 3 rings (SSSR count). The number of carboxylic acids is 1. The Morgan fingerprint density at radius 2 is 2.13 bits per heavy atom. The molecule has 1 aliphatic rings. The fourth-order valence-electron chi connectivity index (χ4n) is 3.43. The van der Waals surface area contributed by atoms with Gasteiger partial charge in [0.2, 0.25) is 0 Å². The fraction of sp³-hybridized carbons (Fsp3) is 0.529. The van der Waals surface area contributed by atoms with Crippen LogP contribution in [0.2, 0.25) is 0 Å². The van der Waals surface area contributed by atoms with Crippen LogP contribution in [-0.2, 0) is 11.3 Å². The lowest BCUT2D eigenvalue weighted by molar-refractivity contribution is -0.137. The highest BCUT2D eigenvalue weighted by Gasteiger charge is 2.25. The van der Waals surface area contributed by atoms with Crippen LogP contribution in [-0.4, -0.2) is 45.2 Å². The minimum atomic E-state index is -0.748. The molecule has 1 saturated heterocycles. The van der Waals surface area contributed by atoms with Crippen LogP contribution in [0.5, 0.6) is 0 Å². The SMILES string of the molecule is CCn1c(C2CCN(CCC(=O)O)CC2)nc2cc(F)ccc21. The van der Waals surface area contributed by atoms with Gasteiger partial charge < -0.3 is 14.6 Å². The third-order valence-electron chi connectivity index (χ3n) is 4.65. The van der Waals surface area contributed by atoms with Crippen molar-refractivity contribution in [3.05, 3.63) is 29.8 Å².